The summed E-state index contributed by atoms with van der Waals surface area (Å²) < 4.78 is 5.79. The number of fused-ring (bicyclic) bond motifs is 2. The van der Waals surface area contributed by atoms with Gasteiger partial charge in [0.15, 0.2) is 0 Å². The normalized spacial score (nSPS) is 13.8. The third kappa shape index (κ3) is 5.49. The molecule has 1 fully saturated rings. The van der Waals surface area contributed by atoms with Gasteiger partial charge in [0.1, 0.15) is 22.7 Å². The molecule has 0 radical (unpaired) electrons. The molecule has 1 N–H and O–H groups in total. The Labute approximate surface area is 249 Å². The number of aromatic nitrogens is 4. The van der Waals surface area contributed by atoms with Crippen molar-refractivity contribution in [2.75, 3.05) is 36.4 Å². The first kappa shape index (κ1) is 26.6. The predicted molar refractivity (Wildman–Crippen MR) is 168 cm³/mol. The van der Waals surface area contributed by atoms with E-state index < -0.39 is 0 Å². The number of rotatable bonds is 5. The van der Waals surface area contributed by atoms with E-state index in [4.69, 9.17) is 14.5 Å². The van der Waals surface area contributed by atoms with Gasteiger partial charge in [0.05, 0.1) is 5.69 Å². The molecule has 6 aromatic rings. The summed E-state index contributed by atoms with van der Waals surface area (Å²) in [6, 6.07) is 26.1. The van der Waals surface area contributed by atoms with Crippen molar-refractivity contribution in [2.45, 2.75) is 19.8 Å². The molecule has 1 aliphatic heterocycles. The zero-order valence-electron chi connectivity index (χ0n) is 23.9. The van der Waals surface area contributed by atoms with Crippen LogP contribution in [0.5, 0.6) is 0 Å². The van der Waals surface area contributed by atoms with Gasteiger partial charge < -0.3 is 19.6 Å². The van der Waals surface area contributed by atoms with Crippen LogP contribution in [0.25, 0.3) is 33.1 Å². The van der Waals surface area contributed by atoms with Crippen molar-refractivity contribution in [3.63, 3.8) is 0 Å². The Balaban J connectivity index is 1.18. The Bertz CT molecular complexity index is 1900. The van der Waals surface area contributed by atoms with Crippen molar-refractivity contribution in [1.29, 1.82) is 0 Å². The third-order valence-corrected chi connectivity index (χ3v) is 7.89. The minimum absolute atomic E-state index is 0.105. The molecular formula is C34H31N7O2. The number of carbonyl (C=O) groups excluding carboxylic acids is 1. The quantitative estimate of drug-likeness (QED) is 0.254. The van der Waals surface area contributed by atoms with Gasteiger partial charge in [-0.05, 0) is 42.5 Å². The number of nitrogens with zero attached hydrogens (tertiary/aromatic N) is 6. The number of benzene rings is 3. The monoisotopic (exact) mass is 569 g/mol. The first-order chi connectivity index (χ1) is 21.1. The minimum atomic E-state index is -0.105. The van der Waals surface area contributed by atoms with Crippen LogP contribution in [0.15, 0.2) is 95.8 Å². The Hall–Kier alpha value is -5.31. The second-order valence-electron chi connectivity index (χ2n) is 10.9. The number of hydrogen-bond donors (Lipinski definition) is 1. The molecular weight excluding hydrogens is 538 g/mol. The third-order valence-electron chi connectivity index (χ3n) is 7.89. The molecule has 0 atom stereocenters. The summed E-state index contributed by atoms with van der Waals surface area (Å²) in [6.45, 7) is 4.59. The van der Waals surface area contributed by atoms with Gasteiger partial charge in [-0.3, -0.25) is 4.98 Å². The van der Waals surface area contributed by atoms with Crippen LogP contribution < -0.4 is 10.2 Å². The maximum absolute atomic E-state index is 13.4. The average molecular weight is 570 g/mol. The lowest BCUT2D eigenvalue weighted by molar-refractivity contribution is 0.215. The van der Waals surface area contributed by atoms with Gasteiger partial charge in [-0.2, -0.15) is 4.98 Å². The zero-order valence-corrected chi connectivity index (χ0v) is 23.9. The highest BCUT2D eigenvalue weighted by molar-refractivity contribution is 6.02. The molecule has 4 heterocycles. The standard InChI is InChI=1S/C34H31N7O2/c1-23-12-14-24(15-13-23)21-29-37-32(30-31(39-43-33(30)38-29)26-9-5-16-35-22-26)40-17-6-18-41(20-19-40)34(42)36-28-11-4-8-25-7-2-3-10-27(25)28/h2-5,7-16,22H,6,17-21H2,1H3,(H,36,42). The second-order valence-corrected chi connectivity index (χ2v) is 10.9. The van der Waals surface area contributed by atoms with Crippen molar-refractivity contribution >= 4 is 39.4 Å². The topological polar surface area (TPSA) is 100 Å². The Morgan fingerprint density at radius 2 is 1.77 bits per heavy atom. The SMILES string of the molecule is Cc1ccc(Cc2nc(N3CCCN(C(=O)Nc4cccc5ccccc45)CC3)c3c(-c4cccnc4)noc3n2)cc1. The molecule has 2 amide bonds. The van der Waals surface area contributed by atoms with Crippen LogP contribution in [0.3, 0.4) is 0 Å². The van der Waals surface area contributed by atoms with Crippen molar-refractivity contribution in [3.05, 3.63) is 108 Å². The molecule has 3 aromatic heterocycles. The van der Waals surface area contributed by atoms with E-state index in [-0.39, 0.29) is 6.03 Å². The van der Waals surface area contributed by atoms with E-state index in [9.17, 15) is 4.79 Å². The molecule has 0 aliphatic carbocycles. The van der Waals surface area contributed by atoms with Crippen molar-refractivity contribution < 1.29 is 9.32 Å². The van der Waals surface area contributed by atoms with Gasteiger partial charge in [-0.25, -0.2) is 9.78 Å². The number of pyridine rings is 1. The molecule has 0 saturated carbocycles. The summed E-state index contributed by atoms with van der Waals surface area (Å²) in [7, 11) is 0. The van der Waals surface area contributed by atoms with Gasteiger partial charge in [-0.1, -0.05) is 71.4 Å². The second kappa shape index (κ2) is 11.5. The van der Waals surface area contributed by atoms with Crippen molar-refractivity contribution in [3.8, 4) is 11.3 Å². The van der Waals surface area contributed by atoms with Gasteiger partial charge in [-0.15, -0.1) is 0 Å². The number of amides is 2. The Kier molecular flexibility index (Phi) is 7.12. The molecule has 1 aliphatic rings. The highest BCUT2D eigenvalue weighted by Gasteiger charge is 2.26. The van der Waals surface area contributed by atoms with E-state index in [0.717, 1.165) is 51.8 Å². The number of anilines is 2. The fourth-order valence-electron chi connectivity index (χ4n) is 5.64. The highest BCUT2D eigenvalue weighted by Crippen LogP contribution is 2.34. The van der Waals surface area contributed by atoms with Gasteiger partial charge in [0.2, 0.25) is 0 Å². The lowest BCUT2D eigenvalue weighted by Gasteiger charge is -2.24. The van der Waals surface area contributed by atoms with Crippen molar-refractivity contribution in [1.82, 2.24) is 25.0 Å². The number of aryl methyl sites for hydroxylation is 1. The summed E-state index contributed by atoms with van der Waals surface area (Å²) in [5.41, 5.74) is 5.08. The van der Waals surface area contributed by atoms with Crippen LogP contribution in [0, 0.1) is 6.92 Å². The fourth-order valence-corrected chi connectivity index (χ4v) is 5.64. The zero-order chi connectivity index (χ0) is 29.2. The molecule has 9 nitrogen and oxygen atoms in total. The number of hydrogen-bond acceptors (Lipinski definition) is 7. The molecule has 9 heteroatoms. The molecule has 1 saturated heterocycles. The number of carbonyl (C=O) groups is 1. The lowest BCUT2D eigenvalue weighted by Crippen LogP contribution is -2.38. The summed E-state index contributed by atoms with van der Waals surface area (Å²) in [5, 5.41) is 10.4. The molecule has 3 aromatic carbocycles. The van der Waals surface area contributed by atoms with Crippen LogP contribution in [0.4, 0.5) is 16.3 Å². The minimum Gasteiger partial charge on any atom is -0.354 e. The summed E-state index contributed by atoms with van der Waals surface area (Å²) >= 11 is 0. The smallest absolute Gasteiger partial charge is 0.321 e. The van der Waals surface area contributed by atoms with Gasteiger partial charge >= 0.3 is 6.03 Å². The van der Waals surface area contributed by atoms with Gasteiger partial charge in [0, 0.05) is 55.9 Å². The predicted octanol–water partition coefficient (Wildman–Crippen LogP) is 6.48. The van der Waals surface area contributed by atoms with E-state index in [1.807, 2.05) is 47.4 Å². The molecule has 0 bridgehead atoms. The average Bonchev–Trinajstić information content (AvgIpc) is 3.31. The molecule has 214 valence electrons. The highest BCUT2D eigenvalue weighted by atomic mass is 16.5. The summed E-state index contributed by atoms with van der Waals surface area (Å²) in [4.78, 5) is 31.7. The Morgan fingerprint density at radius 1 is 0.907 bits per heavy atom. The first-order valence-corrected chi connectivity index (χ1v) is 14.5. The van der Waals surface area contributed by atoms with E-state index in [1.54, 1.807) is 12.4 Å². The molecule has 0 spiro atoms. The van der Waals surface area contributed by atoms with E-state index in [0.29, 0.717) is 43.3 Å². The van der Waals surface area contributed by atoms with Crippen LogP contribution in [0.1, 0.15) is 23.4 Å². The van der Waals surface area contributed by atoms with E-state index >= 15 is 0 Å². The van der Waals surface area contributed by atoms with Crippen LogP contribution >= 0.6 is 0 Å². The number of urea groups is 1. The number of nitrogens with one attached hydrogen (secondary N) is 1. The van der Waals surface area contributed by atoms with Crippen molar-refractivity contribution in [2.24, 2.45) is 0 Å². The molecule has 7 rings (SSSR count). The van der Waals surface area contributed by atoms with Gasteiger partial charge in [0.25, 0.3) is 5.71 Å². The van der Waals surface area contributed by atoms with E-state index in [1.165, 1.54) is 5.56 Å². The first-order valence-electron chi connectivity index (χ1n) is 14.5. The fraction of sp³-hybridized carbons (Fsp3) is 0.206. The summed E-state index contributed by atoms with van der Waals surface area (Å²) in [5.74, 6) is 1.43. The largest absolute Gasteiger partial charge is 0.354 e. The Morgan fingerprint density at radius 3 is 2.63 bits per heavy atom. The van der Waals surface area contributed by atoms with Crippen LogP contribution in [-0.4, -0.2) is 57.2 Å². The lowest BCUT2D eigenvalue weighted by atomic mass is 10.1. The summed E-state index contributed by atoms with van der Waals surface area (Å²) in [6.07, 6.45) is 4.85. The molecule has 43 heavy (non-hydrogen) atoms. The van der Waals surface area contributed by atoms with Crippen LogP contribution in [0.2, 0.25) is 0 Å². The van der Waals surface area contributed by atoms with Crippen LogP contribution in [-0.2, 0) is 6.42 Å². The maximum atomic E-state index is 13.4. The van der Waals surface area contributed by atoms with E-state index in [2.05, 4.69) is 63.7 Å². The maximum Gasteiger partial charge on any atom is 0.321 e. The molecule has 0 unspecified atom stereocenters.